The number of fused-ring (bicyclic) bond motifs is 2. The number of imidazole rings is 1. The minimum Gasteiger partial charge on any atom is -0.351 e. The molecule has 9 nitrogen and oxygen atoms in total. The first-order valence-electron chi connectivity index (χ1n) is 16.6. The number of non-ortho nitro benzene ring substituents is 1. The molecule has 0 spiro atoms. The third kappa shape index (κ3) is 7.84. The molecule has 0 aliphatic heterocycles. The molecule has 0 saturated carbocycles. The van der Waals surface area contributed by atoms with Crippen LogP contribution in [0.3, 0.4) is 0 Å². The van der Waals surface area contributed by atoms with Crippen LogP contribution in [-0.4, -0.2) is 43.8 Å². The van der Waals surface area contributed by atoms with E-state index in [-0.39, 0.29) is 35.9 Å². The van der Waals surface area contributed by atoms with Crippen molar-refractivity contribution in [2.45, 2.75) is 45.8 Å². The van der Waals surface area contributed by atoms with Gasteiger partial charge in [0.1, 0.15) is 0 Å². The summed E-state index contributed by atoms with van der Waals surface area (Å²) >= 11 is 0. The maximum Gasteiger partial charge on any atom is 0.269 e. The molecule has 2 atom stereocenters. The predicted octanol–water partition coefficient (Wildman–Crippen LogP) is 7.56. The van der Waals surface area contributed by atoms with E-state index in [0.717, 1.165) is 44.8 Å². The molecule has 9 heteroatoms. The lowest BCUT2D eigenvalue weighted by Gasteiger charge is -2.32. The normalized spacial score (nSPS) is 12.4. The zero-order valence-electron chi connectivity index (χ0n) is 27.7. The van der Waals surface area contributed by atoms with Crippen molar-refractivity contribution in [3.8, 4) is 0 Å². The number of nitro groups is 1. The number of nitrogens with zero attached hydrogens (tertiary/aromatic N) is 4. The highest BCUT2D eigenvalue weighted by Gasteiger charge is 2.26. The van der Waals surface area contributed by atoms with Gasteiger partial charge in [0.2, 0.25) is 5.91 Å². The summed E-state index contributed by atoms with van der Waals surface area (Å²) in [7, 11) is 0. The van der Waals surface area contributed by atoms with Crippen molar-refractivity contribution >= 4 is 39.0 Å². The summed E-state index contributed by atoms with van der Waals surface area (Å²) in [5.41, 5.74) is 3.25. The zero-order chi connectivity index (χ0) is 34.3. The molecular weight excluding hydrogens is 614 g/mol. The second kappa shape index (κ2) is 14.9. The average Bonchev–Trinajstić information content (AvgIpc) is 3.56. The van der Waals surface area contributed by atoms with E-state index in [0.29, 0.717) is 25.2 Å². The quantitative estimate of drug-likeness (QED) is 0.102. The van der Waals surface area contributed by atoms with Crippen LogP contribution >= 0.6 is 0 Å². The van der Waals surface area contributed by atoms with Gasteiger partial charge in [0.05, 0.1) is 17.7 Å². The van der Waals surface area contributed by atoms with Crippen LogP contribution in [0.4, 0.5) is 5.69 Å². The van der Waals surface area contributed by atoms with Gasteiger partial charge < -0.3 is 14.8 Å². The fraction of sp³-hybridized carbons (Fsp3) is 0.225. The fourth-order valence-corrected chi connectivity index (χ4v) is 6.23. The van der Waals surface area contributed by atoms with E-state index < -0.39 is 4.92 Å². The Balaban J connectivity index is 1.24. The molecule has 0 aliphatic carbocycles. The molecule has 0 aliphatic rings. The first-order valence-corrected chi connectivity index (χ1v) is 16.6. The van der Waals surface area contributed by atoms with Gasteiger partial charge in [0, 0.05) is 55.3 Å². The number of carbonyl (C=O) groups is 2. The van der Waals surface area contributed by atoms with E-state index in [1.807, 2.05) is 70.1 Å². The zero-order valence-corrected chi connectivity index (χ0v) is 27.7. The molecule has 1 heterocycles. The predicted molar refractivity (Wildman–Crippen MR) is 192 cm³/mol. The monoisotopic (exact) mass is 653 g/mol. The minimum absolute atomic E-state index is 0.0265. The first-order chi connectivity index (χ1) is 23.8. The van der Waals surface area contributed by atoms with Crippen molar-refractivity contribution in [1.82, 2.24) is 19.8 Å². The molecule has 5 aromatic carbocycles. The Bertz CT molecular complexity index is 2100. The lowest BCUT2D eigenvalue weighted by atomic mass is 9.97. The standard InChI is InChI=1S/C40H39N5O4/c1-3-28(2)38(42-39(46)22-36-23-41-27-44(36)24-29-15-19-35(20-16-29)45(48)49)26-43(25-34-13-8-12-31-10-6-7-14-37(31)34)40(47)33-18-17-30-9-4-5-11-32(30)21-33/h4-21,23,27-28,38H,3,22,24-26H2,1-2H3,(H,42,46)/t28-,38+/m0/s1. The van der Waals surface area contributed by atoms with Gasteiger partial charge >= 0.3 is 0 Å². The Morgan fingerprint density at radius 2 is 1.61 bits per heavy atom. The maximum absolute atomic E-state index is 14.4. The van der Waals surface area contributed by atoms with Crippen LogP contribution in [0.1, 0.15) is 47.4 Å². The second-order valence-corrected chi connectivity index (χ2v) is 12.6. The molecule has 1 aromatic heterocycles. The van der Waals surface area contributed by atoms with Crippen LogP contribution in [0.2, 0.25) is 0 Å². The van der Waals surface area contributed by atoms with Crippen molar-refractivity contribution in [2.24, 2.45) is 5.92 Å². The van der Waals surface area contributed by atoms with Crippen LogP contribution in [0.5, 0.6) is 0 Å². The molecule has 248 valence electrons. The SMILES string of the molecule is CC[C@H](C)[C@@H](CN(Cc1cccc2ccccc12)C(=O)c1ccc2ccccc2c1)NC(=O)Cc1cncn1Cc1ccc([N+](=O)[O-])cc1. The Hall–Kier alpha value is -5.83. The summed E-state index contributed by atoms with van der Waals surface area (Å²) in [6.07, 6.45) is 4.24. The third-order valence-corrected chi connectivity index (χ3v) is 9.26. The van der Waals surface area contributed by atoms with E-state index in [2.05, 4.69) is 48.4 Å². The van der Waals surface area contributed by atoms with E-state index in [9.17, 15) is 19.7 Å². The number of nitro benzene ring substituents is 1. The number of hydrogen-bond acceptors (Lipinski definition) is 5. The van der Waals surface area contributed by atoms with E-state index in [1.54, 1.807) is 24.7 Å². The molecule has 6 aromatic rings. The highest BCUT2D eigenvalue weighted by atomic mass is 16.6. The first kappa shape index (κ1) is 33.1. The molecule has 2 amide bonds. The van der Waals surface area contributed by atoms with Gasteiger partial charge in [-0.25, -0.2) is 4.98 Å². The number of rotatable bonds is 13. The van der Waals surface area contributed by atoms with E-state index >= 15 is 0 Å². The number of nitrogens with one attached hydrogen (secondary N) is 1. The lowest BCUT2D eigenvalue weighted by molar-refractivity contribution is -0.384. The van der Waals surface area contributed by atoms with Crippen molar-refractivity contribution in [3.05, 3.63) is 154 Å². The van der Waals surface area contributed by atoms with Crippen LogP contribution in [0, 0.1) is 16.0 Å². The Morgan fingerprint density at radius 3 is 2.37 bits per heavy atom. The molecule has 49 heavy (non-hydrogen) atoms. The van der Waals surface area contributed by atoms with Crippen LogP contribution in [0.15, 0.2) is 122 Å². The average molecular weight is 654 g/mol. The summed E-state index contributed by atoms with van der Waals surface area (Å²) in [5.74, 6) is -0.171. The number of amides is 2. The summed E-state index contributed by atoms with van der Waals surface area (Å²) < 4.78 is 1.87. The third-order valence-electron chi connectivity index (χ3n) is 9.26. The van der Waals surface area contributed by atoms with Gasteiger partial charge in [-0.3, -0.25) is 19.7 Å². The Morgan fingerprint density at radius 1 is 0.898 bits per heavy atom. The van der Waals surface area contributed by atoms with Crippen LogP contribution in [0.25, 0.3) is 21.5 Å². The molecule has 1 N–H and O–H groups in total. The van der Waals surface area contributed by atoms with Crippen LogP contribution < -0.4 is 5.32 Å². The summed E-state index contributed by atoms with van der Waals surface area (Å²) in [6, 6.07) is 34.2. The highest BCUT2D eigenvalue weighted by molar-refractivity contribution is 5.99. The van der Waals surface area contributed by atoms with E-state index in [4.69, 9.17) is 0 Å². The molecular formula is C40H39N5O4. The summed E-state index contributed by atoms with van der Waals surface area (Å²) in [6.45, 7) is 5.33. The second-order valence-electron chi connectivity index (χ2n) is 12.6. The molecule has 0 fully saturated rings. The summed E-state index contributed by atoms with van der Waals surface area (Å²) in [5, 5.41) is 18.6. The van der Waals surface area contributed by atoms with Gasteiger partial charge in [0.25, 0.3) is 11.6 Å². The number of benzene rings is 5. The lowest BCUT2D eigenvalue weighted by Crippen LogP contribution is -2.49. The van der Waals surface area contributed by atoms with Crippen molar-refractivity contribution in [1.29, 1.82) is 0 Å². The molecule has 0 bridgehead atoms. The largest absolute Gasteiger partial charge is 0.351 e. The smallest absolute Gasteiger partial charge is 0.269 e. The van der Waals surface area contributed by atoms with Gasteiger partial charge in [0.15, 0.2) is 0 Å². The van der Waals surface area contributed by atoms with Crippen molar-refractivity contribution in [2.75, 3.05) is 6.54 Å². The minimum atomic E-state index is -0.428. The van der Waals surface area contributed by atoms with Crippen molar-refractivity contribution in [3.63, 3.8) is 0 Å². The Labute approximate surface area is 285 Å². The van der Waals surface area contributed by atoms with Crippen LogP contribution in [-0.2, 0) is 24.3 Å². The molecule has 6 rings (SSSR count). The number of hydrogen-bond donors (Lipinski definition) is 1. The topological polar surface area (TPSA) is 110 Å². The number of aromatic nitrogens is 2. The van der Waals surface area contributed by atoms with E-state index in [1.165, 1.54) is 12.1 Å². The molecule has 0 unspecified atom stereocenters. The van der Waals surface area contributed by atoms with Crippen molar-refractivity contribution < 1.29 is 14.5 Å². The van der Waals surface area contributed by atoms with Gasteiger partial charge in [-0.05, 0) is 50.7 Å². The molecule has 0 radical (unpaired) electrons. The number of carbonyl (C=O) groups excluding carboxylic acids is 2. The highest BCUT2D eigenvalue weighted by Crippen LogP contribution is 2.24. The molecule has 0 saturated heterocycles. The fourth-order valence-electron chi connectivity index (χ4n) is 6.23. The van der Waals surface area contributed by atoms with Gasteiger partial charge in [-0.15, -0.1) is 0 Å². The van der Waals surface area contributed by atoms with Gasteiger partial charge in [-0.1, -0.05) is 105 Å². The maximum atomic E-state index is 14.4. The van der Waals surface area contributed by atoms with Gasteiger partial charge in [-0.2, -0.15) is 0 Å². The summed E-state index contributed by atoms with van der Waals surface area (Å²) in [4.78, 5) is 44.8. The Kier molecular flexibility index (Phi) is 10.1.